The summed E-state index contributed by atoms with van der Waals surface area (Å²) in [5.74, 6) is 1.32. The molecule has 0 bridgehead atoms. The summed E-state index contributed by atoms with van der Waals surface area (Å²) < 4.78 is 0. The van der Waals surface area contributed by atoms with Gasteiger partial charge in [-0.3, -0.25) is 0 Å². The van der Waals surface area contributed by atoms with E-state index >= 15 is 0 Å². The maximum Gasteiger partial charge on any atom is 0.224 e. The van der Waals surface area contributed by atoms with E-state index in [0.717, 1.165) is 12.4 Å². The molecule has 0 unspecified atom stereocenters. The summed E-state index contributed by atoms with van der Waals surface area (Å²) in [6.45, 7) is 3.19. The Morgan fingerprint density at radius 1 is 1.47 bits per heavy atom. The standard InChI is InChI=1S/C12H19ClN4/c1-3-4-12(5-6-12)8-16-10-9(13)7-15-11(14-2)17-10/h7H,3-6,8H2,1-2H3,(H2,14,15,16,17). The molecule has 0 aliphatic heterocycles. The molecule has 0 atom stereocenters. The first-order chi connectivity index (χ1) is 8.19. The van der Waals surface area contributed by atoms with Gasteiger partial charge in [0.1, 0.15) is 5.02 Å². The number of nitrogens with one attached hydrogen (secondary N) is 2. The van der Waals surface area contributed by atoms with Gasteiger partial charge in [0.25, 0.3) is 0 Å². The number of hydrogen-bond donors (Lipinski definition) is 2. The molecular weight excluding hydrogens is 236 g/mol. The topological polar surface area (TPSA) is 49.8 Å². The largest absolute Gasteiger partial charge is 0.368 e. The van der Waals surface area contributed by atoms with Crippen LogP contribution >= 0.6 is 11.6 Å². The average Bonchev–Trinajstić information content (AvgIpc) is 3.09. The third-order valence-electron chi connectivity index (χ3n) is 3.34. The Morgan fingerprint density at radius 3 is 2.82 bits per heavy atom. The summed E-state index contributed by atoms with van der Waals surface area (Å²) in [6.07, 6.45) is 6.77. The maximum absolute atomic E-state index is 6.06. The molecule has 2 N–H and O–H groups in total. The first kappa shape index (κ1) is 12.4. The van der Waals surface area contributed by atoms with Crippen LogP contribution in [0.25, 0.3) is 0 Å². The smallest absolute Gasteiger partial charge is 0.224 e. The van der Waals surface area contributed by atoms with Crippen molar-refractivity contribution < 1.29 is 0 Å². The summed E-state index contributed by atoms with van der Waals surface area (Å²) in [4.78, 5) is 8.38. The summed E-state index contributed by atoms with van der Waals surface area (Å²) in [5.41, 5.74) is 0.489. The van der Waals surface area contributed by atoms with E-state index in [9.17, 15) is 0 Å². The normalized spacial score (nSPS) is 16.6. The lowest BCUT2D eigenvalue weighted by atomic mass is 10.0. The predicted octanol–water partition coefficient (Wildman–Crippen LogP) is 3.16. The summed E-state index contributed by atoms with van der Waals surface area (Å²) in [5, 5.41) is 6.84. The molecule has 0 spiro atoms. The molecule has 4 nitrogen and oxygen atoms in total. The Labute approximate surface area is 107 Å². The Balaban J connectivity index is 1.98. The van der Waals surface area contributed by atoms with Crippen LogP contribution in [0.5, 0.6) is 0 Å². The van der Waals surface area contributed by atoms with Gasteiger partial charge in [0.15, 0.2) is 5.82 Å². The van der Waals surface area contributed by atoms with Crippen LogP contribution in [0, 0.1) is 5.41 Å². The second-order valence-electron chi connectivity index (χ2n) is 4.74. The zero-order valence-corrected chi connectivity index (χ0v) is 11.1. The molecule has 1 heterocycles. The number of aromatic nitrogens is 2. The average molecular weight is 255 g/mol. The quantitative estimate of drug-likeness (QED) is 0.819. The molecule has 1 fully saturated rings. The Kier molecular flexibility index (Phi) is 3.72. The minimum absolute atomic E-state index is 0.489. The Hall–Kier alpha value is -1.03. The van der Waals surface area contributed by atoms with E-state index in [0.29, 0.717) is 16.4 Å². The van der Waals surface area contributed by atoms with Crippen LogP contribution in [0.3, 0.4) is 0 Å². The molecular formula is C12H19ClN4. The van der Waals surface area contributed by atoms with Crippen molar-refractivity contribution in [2.75, 3.05) is 24.2 Å². The fourth-order valence-electron chi connectivity index (χ4n) is 2.11. The second-order valence-corrected chi connectivity index (χ2v) is 5.15. The van der Waals surface area contributed by atoms with Crippen molar-refractivity contribution in [3.8, 4) is 0 Å². The van der Waals surface area contributed by atoms with Crippen LogP contribution in [0.15, 0.2) is 6.20 Å². The monoisotopic (exact) mass is 254 g/mol. The molecule has 1 aliphatic rings. The van der Waals surface area contributed by atoms with Crippen molar-refractivity contribution >= 4 is 23.4 Å². The molecule has 2 rings (SSSR count). The zero-order chi connectivity index (χ0) is 12.3. The second kappa shape index (κ2) is 5.08. The molecule has 0 amide bonds. The first-order valence-electron chi connectivity index (χ1n) is 6.13. The zero-order valence-electron chi connectivity index (χ0n) is 10.4. The Bertz CT molecular complexity index is 390. The van der Waals surface area contributed by atoms with Crippen LogP contribution in [-0.2, 0) is 0 Å². The van der Waals surface area contributed by atoms with E-state index in [4.69, 9.17) is 11.6 Å². The van der Waals surface area contributed by atoms with E-state index in [1.165, 1.54) is 25.7 Å². The van der Waals surface area contributed by atoms with Gasteiger partial charge in [0, 0.05) is 13.6 Å². The van der Waals surface area contributed by atoms with E-state index in [2.05, 4.69) is 27.5 Å². The third kappa shape index (κ3) is 3.00. The van der Waals surface area contributed by atoms with Gasteiger partial charge in [-0.1, -0.05) is 24.9 Å². The lowest BCUT2D eigenvalue weighted by molar-refractivity contribution is 0.485. The summed E-state index contributed by atoms with van der Waals surface area (Å²) in [6, 6.07) is 0. The minimum atomic E-state index is 0.489. The number of rotatable bonds is 6. The minimum Gasteiger partial charge on any atom is -0.368 e. The molecule has 5 heteroatoms. The van der Waals surface area contributed by atoms with Crippen LogP contribution in [0.4, 0.5) is 11.8 Å². The number of anilines is 2. The van der Waals surface area contributed by atoms with Crippen LogP contribution in [0.2, 0.25) is 5.02 Å². The van der Waals surface area contributed by atoms with Crippen molar-refractivity contribution in [2.45, 2.75) is 32.6 Å². The summed E-state index contributed by atoms with van der Waals surface area (Å²) >= 11 is 6.06. The molecule has 1 aliphatic carbocycles. The van der Waals surface area contributed by atoms with E-state index < -0.39 is 0 Å². The van der Waals surface area contributed by atoms with Crippen molar-refractivity contribution in [1.29, 1.82) is 0 Å². The highest BCUT2D eigenvalue weighted by atomic mass is 35.5. The van der Waals surface area contributed by atoms with Crippen molar-refractivity contribution in [3.05, 3.63) is 11.2 Å². The SMILES string of the molecule is CCCC1(CNc2nc(NC)ncc2Cl)CC1. The third-order valence-corrected chi connectivity index (χ3v) is 3.61. The van der Waals surface area contributed by atoms with Gasteiger partial charge < -0.3 is 10.6 Å². The van der Waals surface area contributed by atoms with Crippen molar-refractivity contribution in [2.24, 2.45) is 5.41 Å². The molecule has 0 aromatic carbocycles. The van der Waals surface area contributed by atoms with Gasteiger partial charge in [-0.15, -0.1) is 0 Å². The van der Waals surface area contributed by atoms with Crippen molar-refractivity contribution in [3.63, 3.8) is 0 Å². The highest BCUT2D eigenvalue weighted by Gasteiger charge is 2.41. The van der Waals surface area contributed by atoms with Crippen LogP contribution in [0.1, 0.15) is 32.6 Å². The Morgan fingerprint density at radius 2 is 2.24 bits per heavy atom. The van der Waals surface area contributed by atoms with Gasteiger partial charge in [0.05, 0.1) is 6.20 Å². The molecule has 1 aromatic heterocycles. The van der Waals surface area contributed by atoms with Gasteiger partial charge in [-0.25, -0.2) is 4.98 Å². The van der Waals surface area contributed by atoms with Crippen LogP contribution < -0.4 is 10.6 Å². The lowest BCUT2D eigenvalue weighted by Crippen LogP contribution is -2.16. The fraction of sp³-hybridized carbons (Fsp3) is 0.667. The summed E-state index contributed by atoms with van der Waals surface area (Å²) in [7, 11) is 1.80. The van der Waals surface area contributed by atoms with E-state index in [1.54, 1.807) is 13.2 Å². The first-order valence-corrected chi connectivity index (χ1v) is 6.51. The maximum atomic E-state index is 6.06. The highest BCUT2D eigenvalue weighted by molar-refractivity contribution is 6.32. The van der Waals surface area contributed by atoms with Gasteiger partial charge in [0.2, 0.25) is 5.95 Å². The van der Waals surface area contributed by atoms with Gasteiger partial charge in [-0.2, -0.15) is 4.98 Å². The fourth-order valence-corrected chi connectivity index (χ4v) is 2.26. The van der Waals surface area contributed by atoms with Crippen LogP contribution in [-0.4, -0.2) is 23.6 Å². The lowest BCUT2D eigenvalue weighted by Gasteiger charge is -2.16. The molecule has 1 aromatic rings. The molecule has 0 saturated heterocycles. The molecule has 0 radical (unpaired) electrons. The molecule has 1 saturated carbocycles. The molecule has 17 heavy (non-hydrogen) atoms. The van der Waals surface area contributed by atoms with Gasteiger partial charge >= 0.3 is 0 Å². The van der Waals surface area contributed by atoms with Crippen molar-refractivity contribution in [1.82, 2.24) is 9.97 Å². The number of hydrogen-bond acceptors (Lipinski definition) is 4. The number of nitrogens with zero attached hydrogens (tertiary/aromatic N) is 2. The van der Waals surface area contributed by atoms with E-state index in [-0.39, 0.29) is 0 Å². The predicted molar refractivity (Wildman–Crippen MR) is 71.7 cm³/mol. The van der Waals surface area contributed by atoms with E-state index in [1.807, 2.05) is 0 Å². The number of halogens is 1. The molecule has 94 valence electrons. The van der Waals surface area contributed by atoms with Gasteiger partial charge in [-0.05, 0) is 24.7 Å². The highest BCUT2D eigenvalue weighted by Crippen LogP contribution is 2.49.